The molecule has 0 spiro atoms. The van der Waals surface area contributed by atoms with Gasteiger partial charge in [0.15, 0.2) is 0 Å². The molecule has 2 rings (SSSR count). The van der Waals surface area contributed by atoms with Gasteiger partial charge in [0.25, 0.3) is 0 Å². The second-order valence-corrected chi connectivity index (χ2v) is 4.06. The summed E-state index contributed by atoms with van der Waals surface area (Å²) < 4.78 is 5.86. The molecule has 0 amide bonds. The Labute approximate surface area is 91.2 Å². The number of fused-ring (bicyclic) bond motifs is 1. The summed E-state index contributed by atoms with van der Waals surface area (Å²) in [4.78, 5) is 10.7. The summed E-state index contributed by atoms with van der Waals surface area (Å²) in [6.45, 7) is 3.64. The minimum absolute atomic E-state index is 0.253. The van der Waals surface area contributed by atoms with Gasteiger partial charge in [-0.25, -0.2) is 4.79 Å². The summed E-state index contributed by atoms with van der Waals surface area (Å²) in [5.41, 5.74) is 1.73. The second kappa shape index (κ2) is 4.28. The molecule has 1 aromatic carbocycles. The van der Waals surface area contributed by atoms with E-state index in [0.717, 1.165) is 28.0 Å². The molecule has 0 N–H and O–H groups in total. The summed E-state index contributed by atoms with van der Waals surface area (Å²) in [7, 11) is 0. The van der Waals surface area contributed by atoms with E-state index in [4.69, 9.17) is 4.42 Å². The average molecular weight is 218 g/mol. The highest BCUT2D eigenvalue weighted by Gasteiger charge is 2.00. The molecule has 0 atom stereocenters. The standard InChI is InChI=1S/C12H10O2S/c1-2-3-4-5-9-6-7-10-11(8-9)15-12(13)14-10/h2,4-8H,1,3H2/b5-4-. The SMILES string of the molecule is C=CC/C=C\c1ccc2oc(=O)sc2c1. The predicted molar refractivity (Wildman–Crippen MR) is 64.2 cm³/mol. The van der Waals surface area contributed by atoms with Gasteiger partial charge in [0, 0.05) is 0 Å². The molecule has 2 aromatic rings. The van der Waals surface area contributed by atoms with Crippen molar-refractivity contribution in [1.82, 2.24) is 0 Å². The first kappa shape index (κ1) is 9.93. The topological polar surface area (TPSA) is 30.2 Å². The third-order valence-corrected chi connectivity index (χ3v) is 2.76. The fourth-order valence-corrected chi connectivity index (χ4v) is 2.01. The van der Waals surface area contributed by atoms with Crippen LogP contribution < -0.4 is 4.94 Å². The van der Waals surface area contributed by atoms with E-state index in [9.17, 15) is 4.79 Å². The highest BCUT2D eigenvalue weighted by atomic mass is 32.1. The Morgan fingerprint density at radius 1 is 1.47 bits per heavy atom. The third kappa shape index (κ3) is 2.25. The number of hydrogen-bond donors (Lipinski definition) is 0. The van der Waals surface area contributed by atoms with E-state index in [1.807, 2.05) is 36.4 Å². The Morgan fingerprint density at radius 3 is 3.13 bits per heavy atom. The van der Waals surface area contributed by atoms with Crippen LogP contribution in [-0.4, -0.2) is 0 Å². The van der Waals surface area contributed by atoms with Crippen molar-refractivity contribution in [3.05, 3.63) is 52.2 Å². The normalized spacial score (nSPS) is 11.2. The average Bonchev–Trinajstić information content (AvgIpc) is 2.57. The van der Waals surface area contributed by atoms with E-state index in [1.54, 1.807) is 0 Å². The molecule has 3 heteroatoms. The maximum atomic E-state index is 11.0. The number of rotatable bonds is 3. The van der Waals surface area contributed by atoms with Crippen LogP contribution in [0.1, 0.15) is 12.0 Å². The van der Waals surface area contributed by atoms with Crippen LogP contribution in [0.15, 0.2) is 46.1 Å². The minimum Gasteiger partial charge on any atom is -0.414 e. The number of allylic oxidation sites excluding steroid dienone is 2. The highest BCUT2D eigenvalue weighted by Crippen LogP contribution is 2.19. The lowest BCUT2D eigenvalue weighted by Crippen LogP contribution is -1.79. The Hall–Kier alpha value is -1.61. The molecular weight excluding hydrogens is 208 g/mol. The molecule has 76 valence electrons. The van der Waals surface area contributed by atoms with Gasteiger partial charge in [-0.15, -0.1) is 6.58 Å². The lowest BCUT2D eigenvalue weighted by molar-refractivity contribution is 0.585. The van der Waals surface area contributed by atoms with E-state index in [0.29, 0.717) is 5.58 Å². The monoisotopic (exact) mass is 218 g/mol. The fourth-order valence-electron chi connectivity index (χ4n) is 1.29. The molecule has 15 heavy (non-hydrogen) atoms. The Kier molecular flexibility index (Phi) is 2.83. The van der Waals surface area contributed by atoms with Crippen molar-refractivity contribution in [1.29, 1.82) is 0 Å². The highest BCUT2D eigenvalue weighted by molar-refractivity contribution is 7.16. The largest absolute Gasteiger partial charge is 0.414 e. The predicted octanol–water partition coefficient (Wildman–Crippen LogP) is 3.44. The van der Waals surface area contributed by atoms with Crippen molar-refractivity contribution in [2.24, 2.45) is 0 Å². The molecule has 1 heterocycles. The first-order valence-electron chi connectivity index (χ1n) is 4.61. The van der Waals surface area contributed by atoms with E-state index >= 15 is 0 Å². The van der Waals surface area contributed by atoms with E-state index in [-0.39, 0.29) is 4.94 Å². The fraction of sp³-hybridized carbons (Fsp3) is 0.0833. The van der Waals surface area contributed by atoms with Gasteiger partial charge in [0.05, 0.1) is 4.70 Å². The zero-order valence-electron chi connectivity index (χ0n) is 8.10. The maximum Gasteiger partial charge on any atom is 0.396 e. The summed E-state index contributed by atoms with van der Waals surface area (Å²) >= 11 is 1.13. The van der Waals surface area contributed by atoms with Crippen LogP contribution in [0.2, 0.25) is 0 Å². The molecule has 0 bridgehead atoms. The Balaban J connectivity index is 2.37. The second-order valence-electron chi connectivity index (χ2n) is 3.09. The van der Waals surface area contributed by atoms with Crippen molar-refractivity contribution in [2.45, 2.75) is 6.42 Å². The van der Waals surface area contributed by atoms with E-state index in [2.05, 4.69) is 6.58 Å². The van der Waals surface area contributed by atoms with Gasteiger partial charge in [0.1, 0.15) is 5.58 Å². The number of hydrogen-bond acceptors (Lipinski definition) is 3. The summed E-state index contributed by atoms with van der Waals surface area (Å²) in [6.07, 6.45) is 6.72. The summed E-state index contributed by atoms with van der Waals surface area (Å²) in [6, 6.07) is 5.70. The molecule has 0 saturated carbocycles. The molecule has 0 aliphatic rings. The van der Waals surface area contributed by atoms with Crippen LogP contribution in [0.25, 0.3) is 16.4 Å². The van der Waals surface area contributed by atoms with Crippen LogP contribution >= 0.6 is 11.3 Å². The summed E-state index contributed by atoms with van der Waals surface area (Å²) in [5, 5.41) is 0. The smallest absolute Gasteiger partial charge is 0.396 e. The van der Waals surface area contributed by atoms with Gasteiger partial charge in [-0.1, -0.05) is 35.6 Å². The van der Waals surface area contributed by atoms with Crippen LogP contribution in [-0.2, 0) is 0 Å². The molecule has 0 aliphatic heterocycles. The minimum atomic E-state index is -0.253. The van der Waals surface area contributed by atoms with Crippen molar-refractivity contribution < 1.29 is 4.42 Å². The van der Waals surface area contributed by atoms with Gasteiger partial charge in [-0.2, -0.15) is 0 Å². The van der Waals surface area contributed by atoms with Gasteiger partial charge in [-0.05, 0) is 24.1 Å². The Morgan fingerprint density at radius 2 is 2.33 bits per heavy atom. The third-order valence-electron chi connectivity index (χ3n) is 1.97. The van der Waals surface area contributed by atoms with Crippen molar-refractivity contribution in [2.75, 3.05) is 0 Å². The lowest BCUT2D eigenvalue weighted by atomic mass is 10.2. The molecule has 0 unspecified atom stereocenters. The lowest BCUT2D eigenvalue weighted by Gasteiger charge is -1.91. The first-order valence-corrected chi connectivity index (χ1v) is 5.42. The van der Waals surface area contributed by atoms with Gasteiger partial charge in [0.2, 0.25) is 0 Å². The van der Waals surface area contributed by atoms with Gasteiger partial charge in [-0.3, -0.25) is 0 Å². The Bertz CT molecular complexity index is 560. The number of benzene rings is 1. The molecule has 0 aliphatic carbocycles. The van der Waals surface area contributed by atoms with Crippen LogP contribution in [0, 0.1) is 0 Å². The molecular formula is C12H10O2S. The zero-order chi connectivity index (χ0) is 10.7. The molecule has 0 fully saturated rings. The van der Waals surface area contributed by atoms with E-state index in [1.165, 1.54) is 0 Å². The first-order chi connectivity index (χ1) is 7.29. The van der Waals surface area contributed by atoms with Crippen molar-refractivity contribution >= 4 is 27.7 Å². The maximum absolute atomic E-state index is 11.0. The van der Waals surface area contributed by atoms with E-state index < -0.39 is 0 Å². The molecule has 2 nitrogen and oxygen atoms in total. The zero-order valence-corrected chi connectivity index (χ0v) is 8.92. The molecule has 0 saturated heterocycles. The van der Waals surface area contributed by atoms with Gasteiger partial charge >= 0.3 is 4.94 Å². The quantitative estimate of drug-likeness (QED) is 0.739. The van der Waals surface area contributed by atoms with Gasteiger partial charge < -0.3 is 4.42 Å². The van der Waals surface area contributed by atoms with Crippen LogP contribution in [0.5, 0.6) is 0 Å². The van der Waals surface area contributed by atoms with Crippen LogP contribution in [0.3, 0.4) is 0 Å². The van der Waals surface area contributed by atoms with Crippen molar-refractivity contribution in [3.8, 4) is 0 Å². The van der Waals surface area contributed by atoms with Crippen LogP contribution in [0.4, 0.5) is 0 Å². The molecule has 1 aromatic heterocycles. The van der Waals surface area contributed by atoms with Crippen molar-refractivity contribution in [3.63, 3.8) is 0 Å². The summed E-state index contributed by atoms with van der Waals surface area (Å²) in [5.74, 6) is 0. The molecule has 0 radical (unpaired) electrons.